The summed E-state index contributed by atoms with van der Waals surface area (Å²) in [6.07, 6.45) is 0. The first kappa shape index (κ1) is 15.8. The second-order valence-corrected chi connectivity index (χ2v) is 4.88. The molecule has 0 aromatic heterocycles. The monoisotopic (exact) mass is 321 g/mol. The summed E-state index contributed by atoms with van der Waals surface area (Å²) in [5, 5.41) is 11.4. The first-order valence-electron chi connectivity index (χ1n) is 6.23. The Hall–Kier alpha value is -2.60. The van der Waals surface area contributed by atoms with Crippen LogP contribution in [0.4, 0.5) is 5.69 Å². The first-order valence-corrected chi connectivity index (χ1v) is 6.61. The van der Waals surface area contributed by atoms with Crippen LogP contribution < -0.4 is 4.74 Å². The highest BCUT2D eigenvalue weighted by Gasteiger charge is 2.19. The van der Waals surface area contributed by atoms with Gasteiger partial charge in [0, 0.05) is 17.2 Å². The molecule has 2 rings (SSSR count). The van der Waals surface area contributed by atoms with Crippen molar-refractivity contribution in [3.05, 3.63) is 62.7 Å². The smallest absolute Gasteiger partial charge is 0.341 e. The van der Waals surface area contributed by atoms with Gasteiger partial charge in [0.1, 0.15) is 17.1 Å². The number of non-ortho nitro benzene ring substituents is 1. The van der Waals surface area contributed by atoms with Crippen molar-refractivity contribution in [1.29, 1.82) is 0 Å². The highest BCUT2D eigenvalue weighted by molar-refractivity contribution is 6.30. The summed E-state index contributed by atoms with van der Waals surface area (Å²) in [7, 11) is 1.19. The number of halogens is 1. The van der Waals surface area contributed by atoms with Crippen molar-refractivity contribution in [2.24, 2.45) is 0 Å². The summed E-state index contributed by atoms with van der Waals surface area (Å²) < 4.78 is 10.3. The van der Waals surface area contributed by atoms with Crippen molar-refractivity contribution in [3.8, 4) is 11.5 Å². The van der Waals surface area contributed by atoms with Crippen molar-refractivity contribution >= 4 is 23.3 Å². The maximum absolute atomic E-state index is 11.8. The van der Waals surface area contributed by atoms with Gasteiger partial charge in [-0.3, -0.25) is 10.1 Å². The highest BCUT2D eigenvalue weighted by Crippen LogP contribution is 2.32. The molecule has 0 fully saturated rings. The lowest BCUT2D eigenvalue weighted by molar-refractivity contribution is -0.384. The van der Waals surface area contributed by atoms with Crippen LogP contribution in [0.1, 0.15) is 15.9 Å². The van der Waals surface area contributed by atoms with E-state index in [1.54, 1.807) is 25.1 Å². The van der Waals surface area contributed by atoms with E-state index in [1.807, 2.05) is 0 Å². The molecule has 2 aromatic rings. The molecule has 0 radical (unpaired) electrons. The molecule has 0 saturated carbocycles. The van der Waals surface area contributed by atoms with Gasteiger partial charge in [0.2, 0.25) is 0 Å². The highest BCUT2D eigenvalue weighted by atomic mass is 35.5. The summed E-state index contributed by atoms with van der Waals surface area (Å²) in [6.45, 7) is 1.80. The van der Waals surface area contributed by atoms with Crippen LogP contribution >= 0.6 is 11.6 Å². The summed E-state index contributed by atoms with van der Waals surface area (Å²) in [5.41, 5.74) is 0.522. The molecule has 2 aromatic carbocycles. The van der Waals surface area contributed by atoms with Crippen LogP contribution in [-0.2, 0) is 4.74 Å². The number of nitro groups is 1. The van der Waals surface area contributed by atoms with Crippen LogP contribution in [0.2, 0.25) is 5.02 Å². The van der Waals surface area contributed by atoms with Crippen molar-refractivity contribution in [2.45, 2.75) is 6.92 Å². The molecular weight excluding hydrogens is 310 g/mol. The lowest BCUT2D eigenvalue weighted by Gasteiger charge is -2.12. The summed E-state index contributed by atoms with van der Waals surface area (Å²) >= 11 is 5.88. The van der Waals surface area contributed by atoms with Crippen LogP contribution in [0.25, 0.3) is 0 Å². The number of methoxy groups -OCH3 is 1. The number of esters is 1. The summed E-state index contributed by atoms with van der Waals surface area (Å²) in [5.74, 6) is -0.0587. The second-order valence-electron chi connectivity index (χ2n) is 4.44. The van der Waals surface area contributed by atoms with Gasteiger partial charge < -0.3 is 9.47 Å². The van der Waals surface area contributed by atoms with Gasteiger partial charge in [-0.25, -0.2) is 4.79 Å². The first-order chi connectivity index (χ1) is 10.4. The third-order valence-corrected chi connectivity index (χ3v) is 3.17. The fourth-order valence-corrected chi connectivity index (χ4v) is 2.06. The zero-order chi connectivity index (χ0) is 16.3. The molecule has 0 bridgehead atoms. The number of benzene rings is 2. The van der Waals surface area contributed by atoms with E-state index in [-0.39, 0.29) is 17.0 Å². The fourth-order valence-electron chi connectivity index (χ4n) is 1.84. The van der Waals surface area contributed by atoms with Crippen molar-refractivity contribution in [3.63, 3.8) is 0 Å². The molecule has 0 spiro atoms. The van der Waals surface area contributed by atoms with Crippen LogP contribution in [0, 0.1) is 17.0 Å². The number of nitro benzene ring substituents is 1. The summed E-state index contributed by atoms with van der Waals surface area (Å²) in [6, 6.07) is 8.74. The normalized spacial score (nSPS) is 10.1. The molecule has 0 aliphatic rings. The lowest BCUT2D eigenvalue weighted by Crippen LogP contribution is -2.05. The van der Waals surface area contributed by atoms with Crippen LogP contribution in [0.3, 0.4) is 0 Å². The van der Waals surface area contributed by atoms with Gasteiger partial charge in [0.15, 0.2) is 0 Å². The van der Waals surface area contributed by atoms with Crippen LogP contribution in [-0.4, -0.2) is 18.0 Å². The molecule has 0 amide bonds. The zero-order valence-electron chi connectivity index (χ0n) is 11.8. The third-order valence-electron chi connectivity index (χ3n) is 2.94. The van der Waals surface area contributed by atoms with E-state index in [0.29, 0.717) is 10.8 Å². The standard InChI is InChI=1S/C15H12ClNO5/c1-9-7-10(16)3-5-13(9)22-14-6-4-11(17(19)20)8-12(14)15(18)21-2/h3-8H,1-2H3. The van der Waals surface area contributed by atoms with Gasteiger partial charge in [0.05, 0.1) is 12.0 Å². The number of hydrogen-bond donors (Lipinski definition) is 0. The molecule has 7 heteroatoms. The molecule has 0 atom stereocenters. The predicted octanol–water partition coefficient (Wildman–Crippen LogP) is 4.14. The molecule has 0 N–H and O–H groups in total. The Morgan fingerprint density at radius 3 is 2.45 bits per heavy atom. The predicted molar refractivity (Wildman–Crippen MR) is 80.7 cm³/mol. The number of rotatable bonds is 4. The van der Waals surface area contributed by atoms with Crippen molar-refractivity contribution < 1.29 is 19.2 Å². The number of nitrogens with zero attached hydrogens (tertiary/aromatic N) is 1. The Bertz CT molecular complexity index is 745. The molecule has 0 saturated heterocycles. The maximum atomic E-state index is 11.8. The molecule has 6 nitrogen and oxygen atoms in total. The Morgan fingerprint density at radius 1 is 1.18 bits per heavy atom. The number of aryl methyl sites for hydroxylation is 1. The fraction of sp³-hybridized carbons (Fsp3) is 0.133. The minimum atomic E-state index is -0.717. The number of carbonyl (C=O) groups is 1. The van der Waals surface area contributed by atoms with Gasteiger partial charge >= 0.3 is 5.97 Å². The van der Waals surface area contributed by atoms with E-state index in [0.717, 1.165) is 11.6 Å². The van der Waals surface area contributed by atoms with E-state index < -0.39 is 10.9 Å². The van der Waals surface area contributed by atoms with E-state index in [4.69, 9.17) is 16.3 Å². The topological polar surface area (TPSA) is 78.7 Å². The maximum Gasteiger partial charge on any atom is 0.341 e. The minimum Gasteiger partial charge on any atom is -0.465 e. The number of carbonyl (C=O) groups excluding carboxylic acids is 1. The largest absolute Gasteiger partial charge is 0.465 e. The van der Waals surface area contributed by atoms with E-state index in [9.17, 15) is 14.9 Å². The zero-order valence-corrected chi connectivity index (χ0v) is 12.6. The minimum absolute atomic E-state index is 0.0222. The van der Waals surface area contributed by atoms with E-state index in [1.165, 1.54) is 19.2 Å². The Kier molecular flexibility index (Phi) is 4.62. The Morgan fingerprint density at radius 2 is 1.86 bits per heavy atom. The SMILES string of the molecule is COC(=O)c1cc([N+](=O)[O-])ccc1Oc1ccc(Cl)cc1C. The lowest BCUT2D eigenvalue weighted by atomic mass is 10.1. The molecule has 0 aliphatic carbocycles. The quantitative estimate of drug-likeness (QED) is 0.480. The average Bonchev–Trinajstić information content (AvgIpc) is 2.49. The van der Waals surface area contributed by atoms with E-state index in [2.05, 4.69) is 4.74 Å². The molecule has 22 heavy (non-hydrogen) atoms. The molecule has 114 valence electrons. The molecule has 0 heterocycles. The van der Waals surface area contributed by atoms with Crippen LogP contribution in [0.15, 0.2) is 36.4 Å². The van der Waals surface area contributed by atoms with Crippen molar-refractivity contribution in [1.82, 2.24) is 0 Å². The molecule has 0 unspecified atom stereocenters. The van der Waals surface area contributed by atoms with Gasteiger partial charge in [-0.1, -0.05) is 11.6 Å². The van der Waals surface area contributed by atoms with E-state index >= 15 is 0 Å². The molecular formula is C15H12ClNO5. The Balaban J connectivity index is 2.45. The van der Waals surface area contributed by atoms with Gasteiger partial charge in [-0.05, 0) is 36.8 Å². The van der Waals surface area contributed by atoms with Gasteiger partial charge in [0.25, 0.3) is 5.69 Å². The summed E-state index contributed by atoms with van der Waals surface area (Å²) in [4.78, 5) is 22.0. The van der Waals surface area contributed by atoms with Gasteiger partial charge in [-0.15, -0.1) is 0 Å². The van der Waals surface area contributed by atoms with Crippen molar-refractivity contribution in [2.75, 3.05) is 7.11 Å². The Labute approximate surface area is 131 Å². The average molecular weight is 322 g/mol. The molecule has 0 aliphatic heterocycles. The number of hydrogen-bond acceptors (Lipinski definition) is 5. The van der Waals surface area contributed by atoms with Crippen LogP contribution in [0.5, 0.6) is 11.5 Å². The second kappa shape index (κ2) is 6.44. The number of ether oxygens (including phenoxy) is 2. The third kappa shape index (κ3) is 3.35. The van der Waals surface area contributed by atoms with Gasteiger partial charge in [-0.2, -0.15) is 0 Å².